The van der Waals surface area contributed by atoms with Gasteiger partial charge in [0.15, 0.2) is 5.78 Å². The van der Waals surface area contributed by atoms with Crippen molar-refractivity contribution in [3.63, 3.8) is 0 Å². The summed E-state index contributed by atoms with van der Waals surface area (Å²) in [6.45, 7) is 8.58. The summed E-state index contributed by atoms with van der Waals surface area (Å²) in [6.07, 6.45) is 0.120. The Kier molecular flexibility index (Phi) is 5.23. The van der Waals surface area contributed by atoms with E-state index in [-0.39, 0.29) is 24.4 Å². The van der Waals surface area contributed by atoms with E-state index in [2.05, 4.69) is 0 Å². The van der Waals surface area contributed by atoms with E-state index in [1.165, 1.54) is 18.1 Å². The van der Waals surface area contributed by atoms with Gasteiger partial charge in [0.05, 0.1) is 25.2 Å². The third kappa shape index (κ3) is 3.88. The molecule has 0 aromatic heterocycles. The normalized spacial score (nSPS) is 30.5. The van der Waals surface area contributed by atoms with Crippen LogP contribution in [0.25, 0.3) is 0 Å². The van der Waals surface area contributed by atoms with Gasteiger partial charge in [-0.2, -0.15) is 0 Å². The van der Waals surface area contributed by atoms with Crippen molar-refractivity contribution in [2.24, 2.45) is 11.8 Å². The van der Waals surface area contributed by atoms with E-state index in [1.807, 2.05) is 0 Å². The fourth-order valence-corrected chi connectivity index (χ4v) is 4.01. The van der Waals surface area contributed by atoms with Crippen LogP contribution >= 0.6 is 0 Å². The molecule has 0 N–H and O–H groups in total. The van der Waals surface area contributed by atoms with Crippen LogP contribution in [-0.2, 0) is 33.3 Å². The molecule has 2 bridgehead atoms. The molecule has 0 radical (unpaired) electrons. The maximum absolute atomic E-state index is 13.4. The van der Waals surface area contributed by atoms with E-state index >= 15 is 0 Å². The van der Waals surface area contributed by atoms with Crippen LogP contribution in [0.15, 0.2) is 11.6 Å². The quantitative estimate of drug-likeness (QED) is 0.511. The van der Waals surface area contributed by atoms with E-state index < -0.39 is 53.3 Å². The molecule has 3 heterocycles. The van der Waals surface area contributed by atoms with Crippen LogP contribution in [0.1, 0.15) is 41.0 Å². The Bertz CT molecular complexity index is 778. The number of ether oxygens (including phenoxy) is 4. The van der Waals surface area contributed by atoms with E-state index in [0.29, 0.717) is 0 Å². The number of nitrogens with zero attached hydrogens (tertiary/aromatic N) is 1. The summed E-state index contributed by atoms with van der Waals surface area (Å²) in [5.41, 5.74) is -1.54. The average molecular weight is 409 g/mol. The fraction of sp³-hybridized carbons (Fsp3) is 0.700. The van der Waals surface area contributed by atoms with E-state index in [1.54, 1.807) is 34.6 Å². The Morgan fingerprint density at radius 3 is 2.45 bits per heavy atom. The molecular formula is C20H27NO8. The van der Waals surface area contributed by atoms with Crippen LogP contribution in [0.3, 0.4) is 0 Å². The smallest absolute Gasteiger partial charge is 0.413 e. The number of hydrogen-bond acceptors (Lipinski definition) is 8. The minimum atomic E-state index is -1.04. The molecule has 0 aromatic rings. The Labute approximate surface area is 169 Å². The van der Waals surface area contributed by atoms with Gasteiger partial charge in [-0.1, -0.05) is 6.08 Å². The summed E-state index contributed by atoms with van der Waals surface area (Å²) in [7, 11) is 1.24. The Hall–Kier alpha value is -2.42. The van der Waals surface area contributed by atoms with Crippen LogP contribution in [0, 0.1) is 11.8 Å². The lowest BCUT2D eigenvalue weighted by molar-refractivity contribution is -0.167. The van der Waals surface area contributed by atoms with Crippen LogP contribution in [0.4, 0.5) is 4.79 Å². The molecule has 0 spiro atoms. The number of Topliss-reactive ketones (excluding diaryl/α,β-unsaturated/α-hetero) is 1. The van der Waals surface area contributed by atoms with Gasteiger partial charge in [0.25, 0.3) is 0 Å². The predicted molar refractivity (Wildman–Crippen MR) is 98.5 cm³/mol. The number of fused-ring (bicyclic) bond motifs is 2. The molecule has 1 aliphatic carbocycles. The van der Waals surface area contributed by atoms with Crippen molar-refractivity contribution in [3.05, 3.63) is 11.6 Å². The first-order valence-electron chi connectivity index (χ1n) is 9.56. The fourth-order valence-electron chi connectivity index (χ4n) is 4.01. The van der Waals surface area contributed by atoms with Crippen LogP contribution in [0.2, 0.25) is 0 Å². The number of carbonyl (C=O) groups is 4. The van der Waals surface area contributed by atoms with Gasteiger partial charge in [-0.3, -0.25) is 14.5 Å². The van der Waals surface area contributed by atoms with E-state index in [0.717, 1.165) is 0 Å². The molecule has 4 atom stereocenters. The van der Waals surface area contributed by atoms with Crippen molar-refractivity contribution in [3.8, 4) is 0 Å². The zero-order valence-corrected chi connectivity index (χ0v) is 17.5. The summed E-state index contributed by atoms with van der Waals surface area (Å²) in [4.78, 5) is 51.6. The van der Waals surface area contributed by atoms with Crippen LogP contribution in [-0.4, -0.2) is 65.9 Å². The summed E-state index contributed by atoms with van der Waals surface area (Å²) in [5.74, 6) is -3.07. The summed E-state index contributed by atoms with van der Waals surface area (Å²) in [6, 6.07) is -0.896. The molecular weight excluding hydrogens is 382 g/mol. The van der Waals surface area contributed by atoms with Crippen molar-refractivity contribution in [1.82, 2.24) is 4.90 Å². The second kappa shape index (κ2) is 7.12. The van der Waals surface area contributed by atoms with Gasteiger partial charge >= 0.3 is 18.0 Å². The molecule has 3 aliphatic heterocycles. The van der Waals surface area contributed by atoms with Crippen molar-refractivity contribution >= 4 is 23.8 Å². The highest BCUT2D eigenvalue weighted by Gasteiger charge is 2.55. The maximum Gasteiger partial charge on any atom is 0.413 e. The largest absolute Gasteiger partial charge is 0.466 e. The highest BCUT2D eigenvalue weighted by molar-refractivity contribution is 5.99. The standard InChI is InChI=1S/C20H27NO8/c1-19(2,3)29-18(25)21-13(9-27-20(21,4)5)15(22)10-8-14-12(16(23)26-6)7-11(10)17(24)28-14/h7,10-11,13-14H,8-9H2,1-6H3/t10?,11?,13-,14?/m1/s1. The molecule has 4 aliphatic rings. The van der Waals surface area contributed by atoms with Crippen LogP contribution < -0.4 is 0 Å². The van der Waals surface area contributed by atoms with E-state index in [4.69, 9.17) is 18.9 Å². The SMILES string of the molecule is COC(=O)C1=CC2C(=O)OC1CC2C(=O)[C@H]1COC(C)(C)N1C(=O)OC(C)(C)C. The predicted octanol–water partition coefficient (Wildman–Crippen LogP) is 1.59. The van der Waals surface area contributed by atoms with Crippen molar-refractivity contribution in [2.45, 2.75) is 64.5 Å². The minimum absolute atomic E-state index is 0.00157. The van der Waals surface area contributed by atoms with Crippen molar-refractivity contribution in [1.29, 1.82) is 0 Å². The van der Waals surface area contributed by atoms with Gasteiger partial charge < -0.3 is 18.9 Å². The summed E-state index contributed by atoms with van der Waals surface area (Å²) >= 11 is 0. The molecule has 2 fully saturated rings. The van der Waals surface area contributed by atoms with Gasteiger partial charge in [0, 0.05) is 5.92 Å². The van der Waals surface area contributed by atoms with E-state index in [9.17, 15) is 19.2 Å². The first kappa shape index (κ1) is 21.3. The van der Waals surface area contributed by atoms with Gasteiger partial charge in [-0.05, 0) is 41.0 Å². The zero-order chi connectivity index (χ0) is 21.7. The molecule has 1 amide bonds. The number of rotatable bonds is 3. The topological polar surface area (TPSA) is 108 Å². The molecule has 9 nitrogen and oxygen atoms in total. The van der Waals surface area contributed by atoms with Gasteiger partial charge in [-0.25, -0.2) is 9.59 Å². The first-order chi connectivity index (χ1) is 13.4. The molecule has 29 heavy (non-hydrogen) atoms. The number of carbonyl (C=O) groups excluding carboxylic acids is 4. The molecule has 160 valence electrons. The molecule has 9 heteroatoms. The lowest BCUT2D eigenvalue weighted by Crippen LogP contribution is -2.56. The second-order valence-corrected chi connectivity index (χ2v) is 8.93. The highest BCUT2D eigenvalue weighted by atomic mass is 16.6. The second-order valence-electron chi connectivity index (χ2n) is 8.93. The van der Waals surface area contributed by atoms with Crippen LogP contribution in [0.5, 0.6) is 0 Å². The molecule has 3 unspecified atom stereocenters. The molecule has 4 rings (SSSR count). The van der Waals surface area contributed by atoms with Crippen molar-refractivity contribution < 1.29 is 38.1 Å². The Balaban J connectivity index is 1.86. The lowest BCUT2D eigenvalue weighted by atomic mass is 9.73. The van der Waals surface area contributed by atoms with Gasteiger partial charge in [-0.15, -0.1) is 0 Å². The monoisotopic (exact) mass is 409 g/mol. The van der Waals surface area contributed by atoms with Gasteiger partial charge in [0.1, 0.15) is 23.5 Å². The number of hydrogen-bond donors (Lipinski definition) is 0. The maximum atomic E-state index is 13.4. The number of ketones is 1. The number of methoxy groups -OCH3 is 1. The molecule has 0 saturated carbocycles. The molecule has 0 aromatic carbocycles. The summed E-state index contributed by atoms with van der Waals surface area (Å²) < 4.78 is 21.1. The highest BCUT2D eigenvalue weighted by Crippen LogP contribution is 2.41. The third-order valence-electron chi connectivity index (χ3n) is 5.33. The lowest BCUT2D eigenvalue weighted by Gasteiger charge is -2.40. The summed E-state index contributed by atoms with van der Waals surface area (Å²) in [5, 5.41) is 0. The number of esters is 2. The minimum Gasteiger partial charge on any atom is -0.466 e. The first-order valence-corrected chi connectivity index (χ1v) is 9.56. The average Bonchev–Trinajstić information content (AvgIpc) is 2.93. The Morgan fingerprint density at radius 1 is 1.24 bits per heavy atom. The number of amides is 1. The molecule has 2 saturated heterocycles. The third-order valence-corrected chi connectivity index (χ3v) is 5.33. The zero-order valence-electron chi connectivity index (χ0n) is 17.5. The van der Waals surface area contributed by atoms with Gasteiger partial charge in [0.2, 0.25) is 0 Å². The Morgan fingerprint density at radius 2 is 1.90 bits per heavy atom. The van der Waals surface area contributed by atoms with Crippen molar-refractivity contribution in [2.75, 3.05) is 13.7 Å².